The Balaban J connectivity index is 2.41. The molecule has 0 bridgehead atoms. The standard InChI is InChI=1S/C11H9Cl2F3O2/c12-7-5-9-8(17-2-1-3-18-9)4-6(7)10(13)11(14,15)16/h4-5,10H,1-3H2. The van der Waals surface area contributed by atoms with Crippen LogP contribution in [0.25, 0.3) is 0 Å². The Morgan fingerprint density at radius 2 is 1.67 bits per heavy atom. The van der Waals surface area contributed by atoms with Crippen molar-refractivity contribution in [2.75, 3.05) is 13.2 Å². The molecule has 2 nitrogen and oxygen atoms in total. The lowest BCUT2D eigenvalue weighted by molar-refractivity contribution is -0.131. The second kappa shape index (κ2) is 5.05. The molecule has 1 atom stereocenters. The summed E-state index contributed by atoms with van der Waals surface area (Å²) in [5.41, 5.74) is -0.227. The quantitative estimate of drug-likeness (QED) is 0.718. The van der Waals surface area contributed by atoms with Gasteiger partial charge in [-0.2, -0.15) is 13.2 Å². The van der Waals surface area contributed by atoms with E-state index in [1.54, 1.807) is 0 Å². The molecule has 0 saturated heterocycles. The number of halogens is 5. The predicted molar refractivity (Wildman–Crippen MR) is 61.7 cm³/mol. The van der Waals surface area contributed by atoms with E-state index in [9.17, 15) is 13.2 Å². The average molecular weight is 301 g/mol. The van der Waals surface area contributed by atoms with Gasteiger partial charge in [0.15, 0.2) is 16.9 Å². The van der Waals surface area contributed by atoms with Crippen LogP contribution in [0.5, 0.6) is 11.5 Å². The van der Waals surface area contributed by atoms with Gasteiger partial charge in [0.2, 0.25) is 0 Å². The van der Waals surface area contributed by atoms with Gasteiger partial charge in [-0.1, -0.05) is 11.6 Å². The number of hydrogen-bond acceptors (Lipinski definition) is 2. The third-order valence-corrected chi connectivity index (χ3v) is 3.24. The lowest BCUT2D eigenvalue weighted by Crippen LogP contribution is -2.16. The number of alkyl halides is 4. The molecule has 1 aliphatic heterocycles. The molecule has 100 valence electrons. The number of ether oxygens (including phenoxy) is 2. The summed E-state index contributed by atoms with van der Waals surface area (Å²) in [4.78, 5) is 0. The van der Waals surface area contributed by atoms with Gasteiger partial charge >= 0.3 is 6.18 Å². The van der Waals surface area contributed by atoms with Gasteiger partial charge in [-0.3, -0.25) is 0 Å². The summed E-state index contributed by atoms with van der Waals surface area (Å²) in [6, 6.07) is 2.49. The molecule has 1 aliphatic rings. The van der Waals surface area contributed by atoms with Crippen molar-refractivity contribution in [3.63, 3.8) is 0 Å². The van der Waals surface area contributed by atoms with Crippen LogP contribution in [-0.2, 0) is 0 Å². The van der Waals surface area contributed by atoms with Crippen LogP contribution >= 0.6 is 23.2 Å². The highest BCUT2D eigenvalue weighted by Crippen LogP contribution is 2.45. The van der Waals surface area contributed by atoms with E-state index in [-0.39, 0.29) is 16.3 Å². The van der Waals surface area contributed by atoms with Crippen molar-refractivity contribution < 1.29 is 22.6 Å². The highest BCUT2D eigenvalue weighted by atomic mass is 35.5. The zero-order valence-electron chi connectivity index (χ0n) is 9.06. The molecule has 2 rings (SSSR count). The molecule has 0 spiro atoms. The fraction of sp³-hybridized carbons (Fsp3) is 0.455. The van der Waals surface area contributed by atoms with E-state index >= 15 is 0 Å². The summed E-state index contributed by atoms with van der Waals surface area (Å²) in [5.74, 6) is 0.578. The van der Waals surface area contributed by atoms with E-state index in [1.807, 2.05) is 0 Å². The zero-order valence-corrected chi connectivity index (χ0v) is 10.6. The lowest BCUT2D eigenvalue weighted by atomic mass is 10.1. The van der Waals surface area contributed by atoms with Gasteiger partial charge in [0, 0.05) is 23.1 Å². The van der Waals surface area contributed by atoms with Crippen molar-refractivity contribution in [2.24, 2.45) is 0 Å². The Hall–Kier alpha value is -0.810. The highest BCUT2D eigenvalue weighted by Gasteiger charge is 2.41. The summed E-state index contributed by atoms with van der Waals surface area (Å²) in [5, 5.41) is -2.25. The molecular formula is C11H9Cl2F3O2. The summed E-state index contributed by atoms with van der Waals surface area (Å²) in [7, 11) is 0. The Kier molecular flexibility index (Phi) is 3.82. The smallest absolute Gasteiger partial charge is 0.408 e. The van der Waals surface area contributed by atoms with E-state index < -0.39 is 11.6 Å². The van der Waals surface area contributed by atoms with Gasteiger partial charge < -0.3 is 9.47 Å². The van der Waals surface area contributed by atoms with Gasteiger partial charge in [-0.25, -0.2) is 0 Å². The van der Waals surface area contributed by atoms with Crippen LogP contribution in [0.3, 0.4) is 0 Å². The summed E-state index contributed by atoms with van der Waals surface area (Å²) >= 11 is 11.2. The van der Waals surface area contributed by atoms with Crippen molar-refractivity contribution in [2.45, 2.75) is 18.0 Å². The minimum atomic E-state index is -4.56. The van der Waals surface area contributed by atoms with Crippen LogP contribution in [0.2, 0.25) is 5.02 Å². The number of benzene rings is 1. The number of fused-ring (bicyclic) bond motifs is 1. The van der Waals surface area contributed by atoms with Gasteiger partial charge in [-0.15, -0.1) is 11.6 Å². The van der Waals surface area contributed by atoms with Crippen molar-refractivity contribution in [3.8, 4) is 11.5 Å². The van der Waals surface area contributed by atoms with Crippen molar-refractivity contribution in [3.05, 3.63) is 22.7 Å². The molecular weight excluding hydrogens is 292 g/mol. The monoisotopic (exact) mass is 300 g/mol. The topological polar surface area (TPSA) is 18.5 Å². The Morgan fingerprint density at radius 3 is 2.22 bits per heavy atom. The molecule has 0 N–H and O–H groups in total. The third kappa shape index (κ3) is 2.78. The Morgan fingerprint density at radius 1 is 1.11 bits per heavy atom. The third-order valence-electron chi connectivity index (χ3n) is 2.43. The average Bonchev–Trinajstić information content (AvgIpc) is 2.50. The Bertz CT molecular complexity index is 449. The maximum atomic E-state index is 12.6. The number of hydrogen-bond donors (Lipinski definition) is 0. The van der Waals surface area contributed by atoms with E-state index in [4.69, 9.17) is 32.7 Å². The first-order valence-corrected chi connectivity index (χ1v) is 6.01. The lowest BCUT2D eigenvalue weighted by Gasteiger charge is -2.17. The molecule has 0 aromatic heterocycles. The second-order valence-electron chi connectivity index (χ2n) is 3.78. The van der Waals surface area contributed by atoms with Gasteiger partial charge in [0.05, 0.1) is 13.2 Å². The molecule has 18 heavy (non-hydrogen) atoms. The minimum Gasteiger partial charge on any atom is -0.490 e. The molecule has 1 heterocycles. The van der Waals surface area contributed by atoms with Gasteiger partial charge in [-0.05, 0) is 6.07 Å². The predicted octanol–water partition coefficient (Wildman–Crippen LogP) is 4.34. The minimum absolute atomic E-state index is 0.0865. The largest absolute Gasteiger partial charge is 0.490 e. The molecule has 1 aromatic rings. The second-order valence-corrected chi connectivity index (χ2v) is 4.62. The highest BCUT2D eigenvalue weighted by molar-refractivity contribution is 6.33. The van der Waals surface area contributed by atoms with Crippen LogP contribution < -0.4 is 9.47 Å². The van der Waals surface area contributed by atoms with Crippen LogP contribution in [0.1, 0.15) is 17.4 Å². The maximum Gasteiger partial charge on any atom is 0.408 e. The van der Waals surface area contributed by atoms with Gasteiger partial charge in [0.1, 0.15) is 0 Å². The maximum absolute atomic E-state index is 12.6. The van der Waals surface area contributed by atoms with E-state index in [1.165, 1.54) is 12.1 Å². The summed E-state index contributed by atoms with van der Waals surface area (Å²) < 4.78 is 48.3. The van der Waals surface area contributed by atoms with Crippen LogP contribution in [0.15, 0.2) is 12.1 Å². The van der Waals surface area contributed by atoms with Crippen molar-refractivity contribution >= 4 is 23.2 Å². The van der Waals surface area contributed by atoms with Crippen LogP contribution in [-0.4, -0.2) is 19.4 Å². The normalized spacial score (nSPS) is 17.2. The Labute approximate surface area is 112 Å². The van der Waals surface area contributed by atoms with Gasteiger partial charge in [0.25, 0.3) is 0 Å². The summed E-state index contributed by atoms with van der Waals surface area (Å²) in [6.45, 7) is 0.819. The van der Waals surface area contributed by atoms with E-state index in [0.29, 0.717) is 25.4 Å². The number of rotatable bonds is 1. The molecule has 0 amide bonds. The fourth-order valence-electron chi connectivity index (χ4n) is 1.57. The molecule has 1 aromatic carbocycles. The molecule has 7 heteroatoms. The van der Waals surface area contributed by atoms with Crippen LogP contribution in [0, 0.1) is 0 Å². The molecule has 0 radical (unpaired) electrons. The SMILES string of the molecule is FC(F)(F)C(Cl)c1cc2c(cc1Cl)OCCCO2. The first-order chi connectivity index (χ1) is 8.39. The summed E-state index contributed by atoms with van der Waals surface area (Å²) in [6.07, 6.45) is -3.91. The molecule has 0 aliphatic carbocycles. The van der Waals surface area contributed by atoms with Crippen molar-refractivity contribution in [1.82, 2.24) is 0 Å². The first kappa shape index (κ1) is 13.6. The van der Waals surface area contributed by atoms with Crippen LogP contribution in [0.4, 0.5) is 13.2 Å². The molecule has 0 saturated carbocycles. The van der Waals surface area contributed by atoms with Crippen molar-refractivity contribution in [1.29, 1.82) is 0 Å². The van der Waals surface area contributed by atoms with E-state index in [2.05, 4.69) is 0 Å². The molecule has 0 fully saturated rings. The zero-order chi connectivity index (χ0) is 13.3. The molecule has 1 unspecified atom stereocenters. The van der Waals surface area contributed by atoms with E-state index in [0.717, 1.165) is 0 Å². The fourth-order valence-corrected chi connectivity index (χ4v) is 2.07. The first-order valence-electron chi connectivity index (χ1n) is 5.19.